The van der Waals surface area contributed by atoms with Crippen LogP contribution in [0.1, 0.15) is 16.8 Å². The van der Waals surface area contributed by atoms with Crippen LogP contribution in [0.5, 0.6) is 17.2 Å². The zero-order chi connectivity index (χ0) is 19.6. The van der Waals surface area contributed by atoms with Gasteiger partial charge in [-0.3, -0.25) is 4.98 Å². The number of rotatable bonds is 10. The molecule has 146 valence electrons. The van der Waals surface area contributed by atoms with Crippen molar-refractivity contribution in [2.24, 2.45) is 0 Å². The number of para-hydroxylation sites is 1. The van der Waals surface area contributed by atoms with Crippen molar-refractivity contribution in [1.82, 2.24) is 10.3 Å². The summed E-state index contributed by atoms with van der Waals surface area (Å²) in [4.78, 5) is 4.30. The van der Waals surface area contributed by atoms with E-state index in [0.717, 1.165) is 48.0 Å². The van der Waals surface area contributed by atoms with Gasteiger partial charge in [0.1, 0.15) is 12.4 Å². The normalized spacial score (nSPS) is 10.5. The van der Waals surface area contributed by atoms with E-state index >= 15 is 0 Å². The molecular weight excluding hydrogens is 352 g/mol. The fourth-order valence-corrected chi connectivity index (χ4v) is 2.92. The van der Waals surface area contributed by atoms with E-state index in [9.17, 15) is 0 Å². The summed E-state index contributed by atoms with van der Waals surface area (Å²) in [5.74, 6) is 2.39. The fraction of sp³-hybridized carbons (Fsp3) is 0.261. The molecule has 5 nitrogen and oxygen atoms in total. The summed E-state index contributed by atoms with van der Waals surface area (Å²) in [6.45, 7) is 2.05. The first-order chi connectivity index (χ1) is 13.8. The zero-order valence-electron chi connectivity index (χ0n) is 16.4. The van der Waals surface area contributed by atoms with Crippen LogP contribution in [0, 0.1) is 0 Å². The number of nitrogens with one attached hydrogen (secondary N) is 1. The molecule has 5 heteroatoms. The Balaban J connectivity index is 1.51. The van der Waals surface area contributed by atoms with Crippen molar-refractivity contribution in [3.8, 4) is 17.2 Å². The summed E-state index contributed by atoms with van der Waals surface area (Å²) in [6.07, 6.45) is 2.68. The van der Waals surface area contributed by atoms with E-state index in [-0.39, 0.29) is 0 Å². The molecule has 0 spiro atoms. The molecule has 3 aromatic rings. The molecule has 2 aromatic carbocycles. The van der Waals surface area contributed by atoms with Gasteiger partial charge in [-0.25, -0.2) is 0 Å². The van der Waals surface area contributed by atoms with E-state index in [4.69, 9.17) is 14.2 Å². The zero-order valence-corrected chi connectivity index (χ0v) is 16.4. The second-order valence-electron chi connectivity index (χ2n) is 6.33. The van der Waals surface area contributed by atoms with E-state index in [1.54, 1.807) is 20.4 Å². The average Bonchev–Trinajstić information content (AvgIpc) is 2.76. The lowest BCUT2D eigenvalue weighted by Gasteiger charge is -2.13. The lowest BCUT2D eigenvalue weighted by Crippen LogP contribution is -2.17. The summed E-state index contributed by atoms with van der Waals surface area (Å²) < 4.78 is 16.6. The Bertz CT molecular complexity index is 869. The topological polar surface area (TPSA) is 52.6 Å². The van der Waals surface area contributed by atoms with Gasteiger partial charge in [0, 0.05) is 18.3 Å². The van der Waals surface area contributed by atoms with Gasteiger partial charge in [-0.2, -0.15) is 0 Å². The van der Waals surface area contributed by atoms with Crippen molar-refractivity contribution in [2.75, 3.05) is 20.8 Å². The van der Waals surface area contributed by atoms with Gasteiger partial charge < -0.3 is 19.5 Å². The minimum Gasteiger partial charge on any atom is -0.493 e. The first kappa shape index (κ1) is 19.7. The van der Waals surface area contributed by atoms with Crippen LogP contribution in [-0.2, 0) is 19.6 Å². The standard InChI is InChI=1S/C23H26N2O3/c1-26-22-11-10-18(15-23(22)27-2)12-14-24-16-19-7-3-4-9-21(19)28-17-20-8-5-6-13-25-20/h3-11,13,15,24H,12,14,16-17H2,1-2H3. The highest BCUT2D eigenvalue weighted by Gasteiger charge is 2.06. The van der Waals surface area contributed by atoms with Crippen molar-refractivity contribution >= 4 is 0 Å². The molecule has 0 radical (unpaired) electrons. The Morgan fingerprint density at radius 3 is 2.46 bits per heavy atom. The molecule has 0 amide bonds. The summed E-state index contributed by atoms with van der Waals surface area (Å²) in [5, 5.41) is 3.49. The van der Waals surface area contributed by atoms with Crippen molar-refractivity contribution in [3.63, 3.8) is 0 Å². The van der Waals surface area contributed by atoms with Gasteiger partial charge >= 0.3 is 0 Å². The quantitative estimate of drug-likeness (QED) is 0.540. The smallest absolute Gasteiger partial charge is 0.160 e. The monoisotopic (exact) mass is 378 g/mol. The molecule has 28 heavy (non-hydrogen) atoms. The molecule has 1 N–H and O–H groups in total. The van der Waals surface area contributed by atoms with Crippen molar-refractivity contribution in [1.29, 1.82) is 0 Å². The Kier molecular flexibility index (Phi) is 7.27. The molecular formula is C23H26N2O3. The average molecular weight is 378 g/mol. The minimum atomic E-state index is 0.462. The highest BCUT2D eigenvalue weighted by Crippen LogP contribution is 2.27. The number of aromatic nitrogens is 1. The molecule has 0 bridgehead atoms. The minimum absolute atomic E-state index is 0.462. The van der Waals surface area contributed by atoms with Gasteiger partial charge in [-0.05, 0) is 48.9 Å². The fourth-order valence-electron chi connectivity index (χ4n) is 2.92. The maximum Gasteiger partial charge on any atom is 0.160 e. The summed E-state index contributed by atoms with van der Waals surface area (Å²) in [5.41, 5.74) is 3.24. The maximum atomic E-state index is 5.96. The second kappa shape index (κ2) is 10.3. The van der Waals surface area contributed by atoms with E-state index in [2.05, 4.69) is 22.4 Å². The van der Waals surface area contributed by atoms with E-state index in [1.165, 1.54) is 5.56 Å². The highest BCUT2D eigenvalue weighted by atomic mass is 16.5. The predicted molar refractivity (Wildman–Crippen MR) is 110 cm³/mol. The van der Waals surface area contributed by atoms with Crippen molar-refractivity contribution in [3.05, 3.63) is 83.7 Å². The molecule has 0 aliphatic carbocycles. The van der Waals surface area contributed by atoms with Gasteiger partial charge in [-0.15, -0.1) is 0 Å². The molecule has 0 saturated carbocycles. The van der Waals surface area contributed by atoms with E-state index in [0.29, 0.717) is 6.61 Å². The number of nitrogens with zero attached hydrogens (tertiary/aromatic N) is 1. The molecule has 0 saturated heterocycles. The van der Waals surface area contributed by atoms with Gasteiger partial charge in [0.25, 0.3) is 0 Å². The van der Waals surface area contributed by atoms with E-state index in [1.807, 2.05) is 48.5 Å². The Morgan fingerprint density at radius 1 is 0.857 bits per heavy atom. The van der Waals surface area contributed by atoms with Gasteiger partial charge in [0.15, 0.2) is 11.5 Å². The van der Waals surface area contributed by atoms with Crippen molar-refractivity contribution in [2.45, 2.75) is 19.6 Å². The number of hydrogen-bond acceptors (Lipinski definition) is 5. The van der Waals surface area contributed by atoms with Crippen LogP contribution in [0.25, 0.3) is 0 Å². The number of ether oxygens (including phenoxy) is 3. The molecule has 3 rings (SSSR count). The number of pyridine rings is 1. The summed E-state index contributed by atoms with van der Waals surface area (Å²) in [7, 11) is 3.30. The number of methoxy groups -OCH3 is 2. The Hall–Kier alpha value is -3.05. The SMILES string of the molecule is COc1ccc(CCNCc2ccccc2OCc2ccccn2)cc1OC. The van der Waals surface area contributed by atoms with Gasteiger partial charge in [0.05, 0.1) is 19.9 Å². The van der Waals surface area contributed by atoms with Crippen LogP contribution < -0.4 is 19.5 Å². The maximum absolute atomic E-state index is 5.96. The Labute approximate surface area is 166 Å². The largest absolute Gasteiger partial charge is 0.493 e. The van der Waals surface area contributed by atoms with Crippen LogP contribution in [0.15, 0.2) is 66.9 Å². The molecule has 0 fully saturated rings. The lowest BCUT2D eigenvalue weighted by atomic mass is 10.1. The highest BCUT2D eigenvalue weighted by molar-refractivity contribution is 5.43. The second-order valence-corrected chi connectivity index (χ2v) is 6.33. The first-order valence-electron chi connectivity index (χ1n) is 9.32. The van der Waals surface area contributed by atoms with Gasteiger partial charge in [-0.1, -0.05) is 30.3 Å². The Morgan fingerprint density at radius 2 is 1.68 bits per heavy atom. The summed E-state index contributed by atoms with van der Waals surface area (Å²) >= 11 is 0. The molecule has 0 unspecified atom stereocenters. The molecule has 0 atom stereocenters. The van der Waals surface area contributed by atoms with Crippen LogP contribution in [0.3, 0.4) is 0 Å². The molecule has 0 aliphatic heterocycles. The third kappa shape index (κ3) is 5.47. The van der Waals surface area contributed by atoms with Crippen LogP contribution in [-0.4, -0.2) is 25.7 Å². The van der Waals surface area contributed by atoms with Gasteiger partial charge in [0.2, 0.25) is 0 Å². The van der Waals surface area contributed by atoms with E-state index < -0.39 is 0 Å². The van der Waals surface area contributed by atoms with Crippen LogP contribution in [0.4, 0.5) is 0 Å². The number of hydrogen-bond donors (Lipinski definition) is 1. The molecule has 1 aromatic heterocycles. The summed E-state index contributed by atoms with van der Waals surface area (Å²) in [6, 6.07) is 19.9. The first-order valence-corrected chi connectivity index (χ1v) is 9.32. The lowest BCUT2D eigenvalue weighted by molar-refractivity contribution is 0.297. The molecule has 0 aliphatic rings. The van der Waals surface area contributed by atoms with Crippen molar-refractivity contribution < 1.29 is 14.2 Å². The number of benzene rings is 2. The van der Waals surface area contributed by atoms with Crippen LogP contribution >= 0.6 is 0 Å². The predicted octanol–water partition coefficient (Wildman–Crippen LogP) is 4.01. The molecule has 1 heterocycles. The third-order valence-corrected chi connectivity index (χ3v) is 4.43. The third-order valence-electron chi connectivity index (χ3n) is 4.43. The van der Waals surface area contributed by atoms with Crippen LogP contribution in [0.2, 0.25) is 0 Å².